The Morgan fingerprint density at radius 3 is 2.78 bits per heavy atom. The Balaban J connectivity index is 2.30. The Morgan fingerprint density at radius 1 is 1.33 bits per heavy atom. The van der Waals surface area contributed by atoms with Crippen LogP contribution in [0.3, 0.4) is 0 Å². The van der Waals surface area contributed by atoms with Gasteiger partial charge < -0.3 is 10.6 Å². The zero-order valence-electron chi connectivity index (χ0n) is 9.96. The highest BCUT2D eigenvalue weighted by Crippen LogP contribution is 2.26. The summed E-state index contributed by atoms with van der Waals surface area (Å²) in [5.41, 5.74) is 1.92. The van der Waals surface area contributed by atoms with Gasteiger partial charge in [-0.05, 0) is 40.5 Å². The number of benzene rings is 1. The second-order valence-corrected chi connectivity index (χ2v) is 4.99. The topological polar surface area (TPSA) is 49.8 Å². The van der Waals surface area contributed by atoms with Crippen molar-refractivity contribution in [1.29, 1.82) is 0 Å². The van der Waals surface area contributed by atoms with Crippen molar-refractivity contribution in [1.82, 2.24) is 9.97 Å². The molecule has 6 heteroatoms. The van der Waals surface area contributed by atoms with Gasteiger partial charge >= 0.3 is 0 Å². The third-order valence-electron chi connectivity index (χ3n) is 2.40. The number of hydrogen-bond acceptors (Lipinski definition) is 4. The van der Waals surface area contributed by atoms with Crippen LogP contribution in [0.25, 0.3) is 0 Å². The Bertz CT molecular complexity index is 574. The fraction of sp³-hybridized carbons (Fsp3) is 0.167. The maximum Gasteiger partial charge on any atom is 0.224 e. The SMILES string of the molecule is CNc1ncc(Br)c(Nc2ccc(C)c(Cl)c2)n1. The Labute approximate surface area is 119 Å². The molecular formula is C12H12BrClN4. The summed E-state index contributed by atoms with van der Waals surface area (Å²) in [4.78, 5) is 8.41. The second kappa shape index (κ2) is 5.54. The molecule has 1 heterocycles. The summed E-state index contributed by atoms with van der Waals surface area (Å²) in [5, 5.41) is 6.81. The van der Waals surface area contributed by atoms with E-state index in [0.717, 1.165) is 20.7 Å². The smallest absolute Gasteiger partial charge is 0.224 e. The van der Waals surface area contributed by atoms with Crippen LogP contribution in [0.5, 0.6) is 0 Å². The number of aryl methyl sites for hydroxylation is 1. The van der Waals surface area contributed by atoms with Gasteiger partial charge in [0.05, 0.1) is 4.47 Å². The molecule has 1 aromatic carbocycles. The molecule has 0 aliphatic rings. The minimum absolute atomic E-state index is 0.555. The van der Waals surface area contributed by atoms with Crippen LogP contribution in [0.15, 0.2) is 28.9 Å². The van der Waals surface area contributed by atoms with E-state index in [9.17, 15) is 0 Å². The molecule has 4 nitrogen and oxygen atoms in total. The molecule has 0 amide bonds. The molecule has 1 aromatic heterocycles. The average Bonchev–Trinajstić information content (AvgIpc) is 2.36. The maximum absolute atomic E-state index is 6.08. The van der Waals surface area contributed by atoms with Crippen molar-refractivity contribution in [2.24, 2.45) is 0 Å². The molecule has 2 rings (SSSR count). The van der Waals surface area contributed by atoms with E-state index < -0.39 is 0 Å². The highest BCUT2D eigenvalue weighted by molar-refractivity contribution is 9.10. The van der Waals surface area contributed by atoms with E-state index in [0.29, 0.717) is 11.8 Å². The lowest BCUT2D eigenvalue weighted by Gasteiger charge is -2.09. The van der Waals surface area contributed by atoms with Crippen LogP contribution in [-0.4, -0.2) is 17.0 Å². The van der Waals surface area contributed by atoms with Gasteiger partial charge in [-0.15, -0.1) is 0 Å². The lowest BCUT2D eigenvalue weighted by molar-refractivity contribution is 1.14. The summed E-state index contributed by atoms with van der Waals surface area (Å²) >= 11 is 9.48. The van der Waals surface area contributed by atoms with Crippen LogP contribution in [-0.2, 0) is 0 Å². The van der Waals surface area contributed by atoms with E-state index >= 15 is 0 Å². The predicted octanol–water partition coefficient (Wildman–Crippen LogP) is 3.99. The third-order valence-corrected chi connectivity index (χ3v) is 3.39. The van der Waals surface area contributed by atoms with E-state index in [1.54, 1.807) is 13.2 Å². The van der Waals surface area contributed by atoms with E-state index in [-0.39, 0.29) is 0 Å². The summed E-state index contributed by atoms with van der Waals surface area (Å²) < 4.78 is 0.790. The lowest BCUT2D eigenvalue weighted by Crippen LogP contribution is -2.01. The van der Waals surface area contributed by atoms with Gasteiger partial charge in [-0.1, -0.05) is 17.7 Å². The van der Waals surface area contributed by atoms with Crippen molar-refractivity contribution in [2.45, 2.75) is 6.92 Å². The van der Waals surface area contributed by atoms with E-state index in [2.05, 4.69) is 36.5 Å². The van der Waals surface area contributed by atoms with Crippen LogP contribution in [0, 0.1) is 6.92 Å². The van der Waals surface area contributed by atoms with Crippen molar-refractivity contribution in [3.63, 3.8) is 0 Å². The van der Waals surface area contributed by atoms with Gasteiger partial charge in [0.2, 0.25) is 5.95 Å². The molecule has 0 aliphatic heterocycles. The summed E-state index contributed by atoms with van der Waals surface area (Å²) in [5.74, 6) is 1.24. The average molecular weight is 328 g/mol. The zero-order chi connectivity index (χ0) is 13.1. The molecule has 0 saturated heterocycles. The van der Waals surface area contributed by atoms with Crippen LogP contribution >= 0.6 is 27.5 Å². The fourth-order valence-electron chi connectivity index (χ4n) is 1.38. The number of nitrogens with one attached hydrogen (secondary N) is 2. The van der Waals surface area contributed by atoms with Crippen LogP contribution in [0.4, 0.5) is 17.5 Å². The van der Waals surface area contributed by atoms with Gasteiger partial charge in [0.1, 0.15) is 5.82 Å². The molecule has 0 saturated carbocycles. The van der Waals surface area contributed by atoms with Crippen molar-refractivity contribution in [2.75, 3.05) is 17.7 Å². The van der Waals surface area contributed by atoms with Gasteiger partial charge in [0, 0.05) is 24.0 Å². The van der Waals surface area contributed by atoms with Gasteiger partial charge in [-0.3, -0.25) is 0 Å². The van der Waals surface area contributed by atoms with Crippen molar-refractivity contribution < 1.29 is 0 Å². The standard InChI is InChI=1S/C12H12BrClN4/c1-7-3-4-8(5-10(7)14)17-11-9(13)6-16-12(15-2)18-11/h3-6H,1-2H3,(H2,15,16,17,18). The molecule has 2 N–H and O–H groups in total. The van der Waals surface area contributed by atoms with Crippen molar-refractivity contribution >= 4 is 45.0 Å². The Hall–Kier alpha value is -1.33. The second-order valence-electron chi connectivity index (χ2n) is 3.73. The first kappa shape index (κ1) is 13.1. The van der Waals surface area contributed by atoms with Crippen LogP contribution in [0.2, 0.25) is 5.02 Å². The highest BCUT2D eigenvalue weighted by atomic mass is 79.9. The number of anilines is 3. The molecule has 2 aromatic rings. The quantitative estimate of drug-likeness (QED) is 0.895. The maximum atomic E-state index is 6.08. The molecule has 0 fully saturated rings. The minimum Gasteiger partial charge on any atom is -0.357 e. The predicted molar refractivity (Wildman–Crippen MR) is 78.8 cm³/mol. The molecule has 0 radical (unpaired) electrons. The zero-order valence-corrected chi connectivity index (χ0v) is 12.3. The summed E-state index contributed by atoms with van der Waals surface area (Å²) in [6.45, 7) is 1.96. The number of hydrogen-bond donors (Lipinski definition) is 2. The van der Waals surface area contributed by atoms with Crippen molar-refractivity contribution in [3.8, 4) is 0 Å². The molecule has 18 heavy (non-hydrogen) atoms. The molecular weight excluding hydrogens is 316 g/mol. The van der Waals surface area contributed by atoms with Gasteiger partial charge in [-0.2, -0.15) is 4.98 Å². The van der Waals surface area contributed by atoms with E-state index in [1.165, 1.54) is 0 Å². The van der Waals surface area contributed by atoms with E-state index in [1.807, 2.05) is 25.1 Å². The van der Waals surface area contributed by atoms with Crippen LogP contribution in [0.1, 0.15) is 5.56 Å². The van der Waals surface area contributed by atoms with E-state index in [4.69, 9.17) is 11.6 Å². The molecule has 0 unspecified atom stereocenters. The highest BCUT2D eigenvalue weighted by Gasteiger charge is 2.05. The Morgan fingerprint density at radius 2 is 2.11 bits per heavy atom. The number of halogens is 2. The molecule has 0 spiro atoms. The first-order chi connectivity index (χ1) is 8.60. The largest absolute Gasteiger partial charge is 0.357 e. The summed E-state index contributed by atoms with van der Waals surface area (Å²) in [7, 11) is 1.77. The molecule has 0 bridgehead atoms. The van der Waals surface area contributed by atoms with Gasteiger partial charge in [0.25, 0.3) is 0 Å². The lowest BCUT2D eigenvalue weighted by atomic mass is 10.2. The summed E-state index contributed by atoms with van der Waals surface area (Å²) in [6, 6.07) is 5.78. The minimum atomic E-state index is 0.555. The third kappa shape index (κ3) is 2.91. The monoisotopic (exact) mass is 326 g/mol. The number of rotatable bonds is 3. The normalized spacial score (nSPS) is 10.2. The van der Waals surface area contributed by atoms with Crippen molar-refractivity contribution in [3.05, 3.63) is 39.5 Å². The fourth-order valence-corrected chi connectivity index (χ4v) is 1.85. The number of aromatic nitrogens is 2. The molecule has 94 valence electrons. The van der Waals surface area contributed by atoms with Gasteiger partial charge in [-0.25, -0.2) is 4.98 Å². The molecule has 0 atom stereocenters. The van der Waals surface area contributed by atoms with Gasteiger partial charge in [0.15, 0.2) is 0 Å². The first-order valence-electron chi connectivity index (χ1n) is 5.33. The number of nitrogens with zero attached hydrogens (tertiary/aromatic N) is 2. The van der Waals surface area contributed by atoms with Crippen LogP contribution < -0.4 is 10.6 Å². The first-order valence-corrected chi connectivity index (χ1v) is 6.50. The summed E-state index contributed by atoms with van der Waals surface area (Å²) in [6.07, 6.45) is 1.69. The molecule has 0 aliphatic carbocycles. The Kier molecular flexibility index (Phi) is 4.04.